The Hall–Kier alpha value is -1.82. The van der Waals surface area contributed by atoms with Crippen molar-refractivity contribution in [1.29, 1.82) is 0 Å². The number of furan rings is 1. The van der Waals surface area contributed by atoms with Crippen molar-refractivity contribution in [2.24, 2.45) is 34.5 Å². The first-order valence-electron chi connectivity index (χ1n) is 12.2. The van der Waals surface area contributed by atoms with E-state index in [9.17, 15) is 14.7 Å². The molecule has 1 aromatic rings. The third-order valence-corrected chi connectivity index (χ3v) is 8.00. The van der Waals surface area contributed by atoms with Gasteiger partial charge in [-0.1, -0.05) is 41.5 Å². The molecular formula is C26H42N2O4. The first-order valence-corrected chi connectivity index (χ1v) is 12.2. The van der Waals surface area contributed by atoms with Crippen molar-refractivity contribution in [3.05, 3.63) is 24.2 Å². The van der Waals surface area contributed by atoms with Crippen molar-refractivity contribution >= 4 is 11.8 Å². The monoisotopic (exact) mass is 446 g/mol. The predicted molar refractivity (Wildman–Crippen MR) is 124 cm³/mol. The second-order valence-corrected chi connectivity index (χ2v) is 11.8. The highest BCUT2D eigenvalue weighted by molar-refractivity contribution is 5.78. The maximum atomic E-state index is 12.8. The largest absolute Gasteiger partial charge is 0.467 e. The first-order chi connectivity index (χ1) is 14.9. The van der Waals surface area contributed by atoms with E-state index in [1.165, 1.54) is 0 Å². The van der Waals surface area contributed by atoms with Crippen molar-refractivity contribution in [3.63, 3.8) is 0 Å². The molecule has 0 bridgehead atoms. The highest BCUT2D eigenvalue weighted by Gasteiger charge is 2.53. The second kappa shape index (κ2) is 9.58. The lowest BCUT2D eigenvalue weighted by atomic mass is 9.51. The van der Waals surface area contributed by atoms with E-state index in [2.05, 4.69) is 45.3 Å². The Bertz CT molecular complexity index is 784. The SMILES string of the molecule is C[C@H]1[C@@H]2[C@@H](O)C([C@H](C)C(=O)NCc3ccco3)CC[C@@]2(C)CC[C@@H]1NC(=O)CC(C)(C)C. The highest BCUT2D eigenvalue weighted by Crippen LogP contribution is 2.55. The quantitative estimate of drug-likeness (QED) is 0.608. The van der Waals surface area contributed by atoms with E-state index in [0.717, 1.165) is 31.4 Å². The van der Waals surface area contributed by atoms with Gasteiger partial charge in [-0.05, 0) is 66.4 Å². The molecule has 2 fully saturated rings. The van der Waals surface area contributed by atoms with Gasteiger partial charge >= 0.3 is 0 Å². The zero-order valence-electron chi connectivity index (χ0n) is 20.6. The summed E-state index contributed by atoms with van der Waals surface area (Å²) in [5.74, 6) is 0.614. The predicted octanol–water partition coefficient (Wildman–Crippen LogP) is 4.28. The Morgan fingerprint density at radius 1 is 1.28 bits per heavy atom. The summed E-state index contributed by atoms with van der Waals surface area (Å²) in [5, 5.41) is 17.7. The lowest BCUT2D eigenvalue weighted by Crippen LogP contribution is -2.58. The number of carbonyl (C=O) groups is 2. The topological polar surface area (TPSA) is 91.6 Å². The molecule has 0 radical (unpaired) electrons. The van der Waals surface area contributed by atoms with Crippen LogP contribution in [0.4, 0.5) is 0 Å². The molecular weight excluding hydrogens is 404 g/mol. The summed E-state index contributed by atoms with van der Waals surface area (Å²) in [7, 11) is 0. The van der Waals surface area contributed by atoms with E-state index in [1.54, 1.807) is 12.3 Å². The van der Waals surface area contributed by atoms with Crippen molar-refractivity contribution in [1.82, 2.24) is 10.6 Å². The van der Waals surface area contributed by atoms with Crippen LogP contribution in [0.25, 0.3) is 0 Å². The fourth-order valence-corrected chi connectivity index (χ4v) is 6.18. The lowest BCUT2D eigenvalue weighted by Gasteiger charge is -2.56. The summed E-state index contributed by atoms with van der Waals surface area (Å²) < 4.78 is 5.30. The third-order valence-electron chi connectivity index (χ3n) is 8.00. The van der Waals surface area contributed by atoms with E-state index < -0.39 is 6.10 Å². The number of rotatable bonds is 6. The summed E-state index contributed by atoms with van der Waals surface area (Å²) in [5.41, 5.74) is -0.00462. The van der Waals surface area contributed by atoms with E-state index >= 15 is 0 Å². The van der Waals surface area contributed by atoms with Crippen molar-refractivity contribution < 1.29 is 19.1 Å². The molecule has 1 heterocycles. The molecule has 180 valence electrons. The molecule has 2 aliphatic rings. The summed E-state index contributed by atoms with van der Waals surface area (Å²) in [4.78, 5) is 25.4. The molecule has 0 spiro atoms. The van der Waals surface area contributed by atoms with Gasteiger partial charge in [0.2, 0.25) is 11.8 Å². The van der Waals surface area contributed by atoms with Crippen LogP contribution in [0.1, 0.15) is 79.4 Å². The molecule has 6 heteroatoms. The van der Waals surface area contributed by atoms with Crippen LogP contribution >= 0.6 is 0 Å². The minimum Gasteiger partial charge on any atom is -0.467 e. The van der Waals surface area contributed by atoms with E-state index in [4.69, 9.17) is 4.42 Å². The fourth-order valence-electron chi connectivity index (χ4n) is 6.18. The van der Waals surface area contributed by atoms with Crippen LogP contribution in [0.2, 0.25) is 0 Å². The zero-order chi connectivity index (χ0) is 23.7. The summed E-state index contributed by atoms with van der Waals surface area (Å²) in [6, 6.07) is 3.71. The molecule has 1 aromatic heterocycles. The van der Waals surface area contributed by atoms with Crippen LogP contribution in [0, 0.1) is 34.5 Å². The first kappa shape index (κ1) is 24.8. The van der Waals surface area contributed by atoms with Crippen LogP contribution in [-0.2, 0) is 16.1 Å². The molecule has 32 heavy (non-hydrogen) atoms. The summed E-state index contributed by atoms with van der Waals surface area (Å²) in [6.45, 7) is 12.9. The van der Waals surface area contributed by atoms with Gasteiger partial charge in [0.15, 0.2) is 0 Å². The fraction of sp³-hybridized carbons (Fsp3) is 0.769. The van der Waals surface area contributed by atoms with Gasteiger partial charge in [-0.2, -0.15) is 0 Å². The van der Waals surface area contributed by atoms with Gasteiger partial charge in [0.25, 0.3) is 0 Å². The van der Waals surface area contributed by atoms with Crippen LogP contribution in [0.3, 0.4) is 0 Å². The second-order valence-electron chi connectivity index (χ2n) is 11.8. The van der Waals surface area contributed by atoms with Gasteiger partial charge in [0.05, 0.1) is 18.9 Å². The molecule has 0 saturated heterocycles. The Morgan fingerprint density at radius 3 is 2.59 bits per heavy atom. The number of amides is 2. The number of nitrogens with one attached hydrogen (secondary N) is 2. The van der Waals surface area contributed by atoms with Crippen molar-refractivity contribution in [2.75, 3.05) is 0 Å². The number of fused-ring (bicyclic) bond motifs is 1. The average Bonchev–Trinajstić information content (AvgIpc) is 3.20. The normalized spacial score (nSPS) is 33.8. The maximum absolute atomic E-state index is 12.8. The van der Waals surface area contributed by atoms with E-state index in [-0.39, 0.29) is 52.4 Å². The van der Waals surface area contributed by atoms with Gasteiger partial charge in [-0.15, -0.1) is 0 Å². The van der Waals surface area contributed by atoms with Gasteiger partial charge < -0.3 is 20.2 Å². The molecule has 1 unspecified atom stereocenters. The number of aliphatic hydroxyl groups is 1. The lowest BCUT2D eigenvalue weighted by molar-refractivity contribution is -0.144. The highest BCUT2D eigenvalue weighted by atomic mass is 16.3. The summed E-state index contributed by atoms with van der Waals surface area (Å²) >= 11 is 0. The van der Waals surface area contributed by atoms with Gasteiger partial charge in [-0.25, -0.2) is 0 Å². The van der Waals surface area contributed by atoms with E-state index in [1.807, 2.05) is 13.0 Å². The molecule has 3 rings (SSSR count). The molecule has 2 aliphatic carbocycles. The van der Waals surface area contributed by atoms with Gasteiger partial charge in [0, 0.05) is 18.4 Å². The minimum absolute atomic E-state index is 0.0466. The molecule has 2 saturated carbocycles. The standard InChI is InChI=1S/C26H42N2O4/c1-16(24(31)27-15-18-8-7-13-32-18)19-9-11-26(6)12-10-20(17(2)22(26)23(19)30)28-21(29)14-25(3,4)5/h7-8,13,16-17,19-20,22-23,30H,9-12,14-15H2,1-6H3,(H,27,31)(H,28,29)/t16-,17+,19?,20-,22+,23-,26-/m0/s1. The number of carbonyl (C=O) groups excluding carboxylic acids is 2. The van der Waals surface area contributed by atoms with Gasteiger partial charge in [-0.3, -0.25) is 9.59 Å². The minimum atomic E-state index is -0.560. The van der Waals surface area contributed by atoms with Crippen LogP contribution in [0.5, 0.6) is 0 Å². The smallest absolute Gasteiger partial charge is 0.223 e. The molecule has 0 aromatic carbocycles. The maximum Gasteiger partial charge on any atom is 0.223 e. The van der Waals surface area contributed by atoms with Gasteiger partial charge in [0.1, 0.15) is 5.76 Å². The number of hydrogen-bond acceptors (Lipinski definition) is 4. The van der Waals surface area contributed by atoms with Crippen molar-refractivity contribution in [3.8, 4) is 0 Å². The van der Waals surface area contributed by atoms with Crippen LogP contribution in [0.15, 0.2) is 22.8 Å². The zero-order valence-corrected chi connectivity index (χ0v) is 20.6. The Morgan fingerprint density at radius 2 is 1.97 bits per heavy atom. The Kier molecular flexibility index (Phi) is 7.43. The number of hydrogen-bond donors (Lipinski definition) is 3. The molecule has 2 amide bonds. The van der Waals surface area contributed by atoms with E-state index in [0.29, 0.717) is 13.0 Å². The molecule has 7 atom stereocenters. The molecule has 0 aliphatic heterocycles. The molecule has 6 nitrogen and oxygen atoms in total. The average molecular weight is 447 g/mol. The Balaban J connectivity index is 1.66. The van der Waals surface area contributed by atoms with Crippen LogP contribution < -0.4 is 10.6 Å². The number of aliphatic hydroxyl groups excluding tert-OH is 1. The third kappa shape index (κ3) is 5.56. The Labute approximate surface area is 192 Å². The molecule has 3 N–H and O–H groups in total. The summed E-state index contributed by atoms with van der Waals surface area (Å²) in [6.07, 6.45) is 5.31. The van der Waals surface area contributed by atoms with Crippen LogP contribution in [-0.4, -0.2) is 29.1 Å². The van der Waals surface area contributed by atoms with Crippen molar-refractivity contribution in [2.45, 2.75) is 92.3 Å².